The molecule has 0 unspecified atom stereocenters. The highest BCUT2D eigenvalue weighted by Gasteiger charge is 2.25. The molecule has 28 heavy (non-hydrogen) atoms. The zero-order chi connectivity index (χ0) is 20.3. The molecule has 0 aromatic heterocycles. The number of morpholine rings is 1. The summed E-state index contributed by atoms with van der Waals surface area (Å²) >= 11 is 11.9. The molecule has 2 aromatic carbocycles. The van der Waals surface area contributed by atoms with Gasteiger partial charge in [0.15, 0.2) is 0 Å². The van der Waals surface area contributed by atoms with Gasteiger partial charge in [-0.15, -0.1) is 0 Å². The number of nitrogens with zero attached hydrogens (tertiary/aromatic N) is 1. The molecular weight excluding hydrogens is 427 g/mol. The summed E-state index contributed by atoms with van der Waals surface area (Å²) < 4.78 is 38.5. The summed E-state index contributed by atoms with van der Waals surface area (Å²) in [6, 6.07) is 8.52. The van der Waals surface area contributed by atoms with Gasteiger partial charge in [-0.25, -0.2) is 8.42 Å². The highest BCUT2D eigenvalue weighted by atomic mass is 35.5. The van der Waals surface area contributed by atoms with Crippen molar-refractivity contribution in [1.82, 2.24) is 4.90 Å². The first-order valence-electron chi connectivity index (χ1n) is 8.35. The fourth-order valence-electron chi connectivity index (χ4n) is 2.73. The predicted molar refractivity (Wildman–Crippen MR) is 107 cm³/mol. The number of amides is 1. The number of anilines is 1. The molecule has 7 nitrogen and oxygen atoms in total. The molecule has 0 spiro atoms. The number of carbonyl (C=O) groups is 1. The number of halogens is 2. The Bertz CT molecular complexity index is 991. The fraction of sp³-hybridized carbons (Fsp3) is 0.278. The number of methoxy groups -OCH3 is 1. The van der Waals surface area contributed by atoms with E-state index in [0.717, 1.165) is 0 Å². The second-order valence-electron chi connectivity index (χ2n) is 6.00. The standard InChI is InChI=1S/C18H18Cl2N2O5S/c1-26-17-5-3-13(11-14(17)18(23)22-6-8-27-9-7-22)28(24,25)21-16-4-2-12(19)10-15(16)20/h2-5,10-11,21H,6-9H2,1H3. The first kappa shape index (κ1) is 20.7. The Balaban J connectivity index is 1.94. The van der Waals surface area contributed by atoms with Crippen LogP contribution in [0.4, 0.5) is 5.69 Å². The van der Waals surface area contributed by atoms with Crippen LogP contribution in [0.2, 0.25) is 10.0 Å². The van der Waals surface area contributed by atoms with Crippen molar-refractivity contribution in [1.29, 1.82) is 0 Å². The van der Waals surface area contributed by atoms with Crippen molar-refractivity contribution in [3.8, 4) is 5.75 Å². The van der Waals surface area contributed by atoms with E-state index in [1.807, 2.05) is 0 Å². The van der Waals surface area contributed by atoms with E-state index in [0.29, 0.717) is 37.1 Å². The van der Waals surface area contributed by atoms with Crippen LogP contribution in [0, 0.1) is 0 Å². The van der Waals surface area contributed by atoms with E-state index in [2.05, 4.69) is 4.72 Å². The summed E-state index contributed by atoms with van der Waals surface area (Å²) in [5, 5.41) is 0.546. The summed E-state index contributed by atoms with van der Waals surface area (Å²) in [7, 11) is -2.57. The summed E-state index contributed by atoms with van der Waals surface area (Å²) in [5.41, 5.74) is 0.345. The van der Waals surface area contributed by atoms with Crippen LogP contribution in [-0.4, -0.2) is 52.6 Å². The Morgan fingerprint density at radius 3 is 2.50 bits per heavy atom. The van der Waals surface area contributed by atoms with Crippen LogP contribution in [0.1, 0.15) is 10.4 Å². The van der Waals surface area contributed by atoms with Gasteiger partial charge in [0.05, 0.1) is 41.5 Å². The van der Waals surface area contributed by atoms with E-state index in [1.165, 1.54) is 43.5 Å². The van der Waals surface area contributed by atoms with Crippen molar-refractivity contribution >= 4 is 44.8 Å². The maximum absolute atomic E-state index is 12.8. The fourth-order valence-corrected chi connectivity index (χ4v) is 4.35. The smallest absolute Gasteiger partial charge is 0.261 e. The summed E-state index contributed by atoms with van der Waals surface area (Å²) in [6.07, 6.45) is 0. The molecule has 2 aromatic rings. The van der Waals surface area contributed by atoms with Crippen LogP contribution in [-0.2, 0) is 14.8 Å². The van der Waals surface area contributed by atoms with Gasteiger partial charge in [-0.1, -0.05) is 23.2 Å². The Labute approximate surface area is 173 Å². The number of hydrogen-bond acceptors (Lipinski definition) is 5. The minimum Gasteiger partial charge on any atom is -0.496 e. The van der Waals surface area contributed by atoms with Crippen LogP contribution < -0.4 is 9.46 Å². The molecule has 10 heteroatoms. The largest absolute Gasteiger partial charge is 0.496 e. The Morgan fingerprint density at radius 1 is 1.14 bits per heavy atom. The summed E-state index contributed by atoms with van der Waals surface area (Å²) in [6.45, 7) is 1.72. The lowest BCUT2D eigenvalue weighted by Gasteiger charge is -2.27. The molecule has 0 atom stereocenters. The van der Waals surface area contributed by atoms with Crippen molar-refractivity contribution < 1.29 is 22.7 Å². The van der Waals surface area contributed by atoms with Crippen LogP contribution in [0.25, 0.3) is 0 Å². The number of ether oxygens (including phenoxy) is 2. The van der Waals surface area contributed by atoms with Gasteiger partial charge in [0.1, 0.15) is 5.75 Å². The van der Waals surface area contributed by atoms with Crippen LogP contribution in [0.15, 0.2) is 41.3 Å². The van der Waals surface area contributed by atoms with Crippen molar-refractivity contribution in [3.63, 3.8) is 0 Å². The highest BCUT2D eigenvalue weighted by molar-refractivity contribution is 7.92. The van der Waals surface area contributed by atoms with Gasteiger partial charge in [-0.2, -0.15) is 0 Å². The van der Waals surface area contributed by atoms with E-state index < -0.39 is 10.0 Å². The second-order valence-corrected chi connectivity index (χ2v) is 8.52. The quantitative estimate of drug-likeness (QED) is 0.764. The molecule has 1 saturated heterocycles. The van der Waals surface area contributed by atoms with Crippen LogP contribution in [0.5, 0.6) is 5.75 Å². The number of benzene rings is 2. The number of hydrogen-bond donors (Lipinski definition) is 1. The van der Waals surface area contributed by atoms with Gasteiger partial charge in [0.2, 0.25) is 0 Å². The van der Waals surface area contributed by atoms with Crippen molar-refractivity contribution in [2.24, 2.45) is 0 Å². The van der Waals surface area contributed by atoms with Crippen molar-refractivity contribution in [2.45, 2.75) is 4.90 Å². The third kappa shape index (κ3) is 4.52. The highest BCUT2D eigenvalue weighted by Crippen LogP contribution is 2.29. The van der Waals surface area contributed by atoms with E-state index in [1.54, 1.807) is 4.90 Å². The van der Waals surface area contributed by atoms with E-state index in [9.17, 15) is 13.2 Å². The van der Waals surface area contributed by atoms with Crippen molar-refractivity contribution in [2.75, 3.05) is 38.1 Å². The van der Waals surface area contributed by atoms with Gasteiger partial charge in [0.25, 0.3) is 15.9 Å². The molecule has 150 valence electrons. The maximum atomic E-state index is 12.8. The molecule has 3 rings (SSSR count). The minimum atomic E-state index is -3.99. The minimum absolute atomic E-state index is 0.0871. The number of carbonyl (C=O) groups excluding carboxylic acids is 1. The molecule has 0 aliphatic carbocycles. The van der Waals surface area contributed by atoms with Gasteiger partial charge < -0.3 is 14.4 Å². The third-order valence-corrected chi connectivity index (χ3v) is 6.10. The molecular formula is C18H18Cl2N2O5S. The van der Waals surface area contributed by atoms with E-state index in [-0.39, 0.29) is 27.1 Å². The number of rotatable bonds is 5. The monoisotopic (exact) mass is 444 g/mol. The second kappa shape index (κ2) is 8.57. The Kier molecular flexibility index (Phi) is 6.34. The molecule has 0 bridgehead atoms. The number of nitrogens with one attached hydrogen (secondary N) is 1. The zero-order valence-electron chi connectivity index (χ0n) is 14.9. The molecule has 1 N–H and O–H groups in total. The first-order chi connectivity index (χ1) is 13.3. The molecule has 1 heterocycles. The zero-order valence-corrected chi connectivity index (χ0v) is 17.3. The van der Waals surface area contributed by atoms with Crippen molar-refractivity contribution in [3.05, 3.63) is 52.0 Å². The van der Waals surface area contributed by atoms with E-state index >= 15 is 0 Å². The molecule has 0 radical (unpaired) electrons. The molecule has 1 aliphatic rings. The summed E-state index contributed by atoms with van der Waals surface area (Å²) in [4.78, 5) is 14.4. The van der Waals surface area contributed by atoms with Crippen LogP contribution >= 0.6 is 23.2 Å². The molecule has 1 fully saturated rings. The summed E-state index contributed by atoms with van der Waals surface area (Å²) in [5.74, 6) is -0.0262. The predicted octanol–water partition coefficient (Wildman–Crippen LogP) is 3.28. The first-order valence-corrected chi connectivity index (χ1v) is 10.6. The van der Waals surface area contributed by atoms with Gasteiger partial charge in [0, 0.05) is 18.1 Å². The lowest BCUT2D eigenvalue weighted by Crippen LogP contribution is -2.40. The topological polar surface area (TPSA) is 84.9 Å². The van der Waals surface area contributed by atoms with Gasteiger partial charge in [-0.3, -0.25) is 9.52 Å². The Hall–Kier alpha value is -2.00. The molecule has 1 amide bonds. The molecule has 1 aliphatic heterocycles. The van der Waals surface area contributed by atoms with E-state index in [4.69, 9.17) is 32.7 Å². The third-order valence-electron chi connectivity index (χ3n) is 4.19. The molecule has 0 saturated carbocycles. The van der Waals surface area contributed by atoms with Crippen LogP contribution in [0.3, 0.4) is 0 Å². The van der Waals surface area contributed by atoms with Gasteiger partial charge >= 0.3 is 0 Å². The Morgan fingerprint density at radius 2 is 1.86 bits per heavy atom. The number of sulfonamides is 1. The lowest BCUT2D eigenvalue weighted by molar-refractivity contribution is 0.0300. The van der Waals surface area contributed by atoms with Gasteiger partial charge in [-0.05, 0) is 36.4 Å². The average molecular weight is 445 g/mol. The maximum Gasteiger partial charge on any atom is 0.261 e. The lowest BCUT2D eigenvalue weighted by atomic mass is 10.1. The average Bonchev–Trinajstić information content (AvgIpc) is 2.69. The normalized spacial score (nSPS) is 14.6. The SMILES string of the molecule is COc1ccc(S(=O)(=O)Nc2ccc(Cl)cc2Cl)cc1C(=O)N1CCOCC1.